The van der Waals surface area contributed by atoms with Crippen LogP contribution in [0.4, 0.5) is 0 Å². The number of sulfone groups is 1. The van der Waals surface area contributed by atoms with E-state index < -0.39 is 9.84 Å². The van der Waals surface area contributed by atoms with Crippen LogP contribution in [0.5, 0.6) is 5.88 Å². The van der Waals surface area contributed by atoms with Crippen LogP contribution in [0, 0.1) is 0 Å². The summed E-state index contributed by atoms with van der Waals surface area (Å²) in [5, 5.41) is 3.93. The van der Waals surface area contributed by atoms with Crippen LogP contribution in [0.2, 0.25) is 0 Å². The predicted octanol–water partition coefficient (Wildman–Crippen LogP) is 2.49. The molecule has 0 saturated carbocycles. The van der Waals surface area contributed by atoms with Gasteiger partial charge < -0.3 is 9.26 Å². The molecule has 0 N–H and O–H groups in total. The van der Waals surface area contributed by atoms with Gasteiger partial charge in [0.2, 0.25) is 5.88 Å². The van der Waals surface area contributed by atoms with E-state index in [2.05, 4.69) is 10.1 Å². The van der Waals surface area contributed by atoms with Crippen LogP contribution in [0.15, 0.2) is 29.0 Å². The number of hydrogen-bond donors (Lipinski definition) is 0. The van der Waals surface area contributed by atoms with E-state index in [4.69, 9.17) is 9.26 Å². The smallest absolute Gasteiger partial charge is 0.213 e. The molecule has 0 aliphatic carbocycles. The number of rotatable bonds is 5. The fourth-order valence-electron chi connectivity index (χ4n) is 2.14. The second-order valence-electron chi connectivity index (χ2n) is 6.14. The lowest BCUT2D eigenvalue weighted by Gasteiger charge is -2.16. The molecule has 2 rings (SSSR count). The van der Waals surface area contributed by atoms with Gasteiger partial charge in [0, 0.05) is 17.0 Å². The Morgan fingerprint density at radius 2 is 1.95 bits per heavy atom. The Balaban J connectivity index is 2.20. The van der Waals surface area contributed by atoms with Crippen molar-refractivity contribution in [2.75, 3.05) is 7.11 Å². The van der Waals surface area contributed by atoms with Crippen molar-refractivity contribution in [1.29, 1.82) is 0 Å². The topological polar surface area (TPSA) is 82.3 Å². The van der Waals surface area contributed by atoms with Crippen molar-refractivity contribution in [3.05, 3.63) is 41.4 Å². The van der Waals surface area contributed by atoms with Gasteiger partial charge >= 0.3 is 0 Å². The second-order valence-corrected chi connectivity index (χ2v) is 8.21. The molecule has 6 nitrogen and oxygen atoms in total. The Morgan fingerprint density at radius 1 is 1.23 bits per heavy atom. The first-order valence-corrected chi connectivity index (χ1v) is 8.67. The second kappa shape index (κ2) is 6.08. The minimum absolute atomic E-state index is 0.123. The Hall–Kier alpha value is -1.89. The van der Waals surface area contributed by atoms with E-state index in [1.54, 1.807) is 18.2 Å². The van der Waals surface area contributed by atoms with E-state index in [9.17, 15) is 8.42 Å². The van der Waals surface area contributed by atoms with Crippen LogP contribution in [0.1, 0.15) is 37.7 Å². The maximum Gasteiger partial charge on any atom is 0.213 e. The zero-order valence-corrected chi connectivity index (χ0v) is 14.0. The molecule has 0 spiro atoms. The number of ether oxygens (including phenoxy) is 1. The molecule has 2 heterocycles. The Morgan fingerprint density at radius 3 is 2.59 bits per heavy atom. The van der Waals surface area contributed by atoms with Gasteiger partial charge in [-0.2, -0.15) is 0 Å². The summed E-state index contributed by atoms with van der Waals surface area (Å²) in [6.07, 6.45) is 1.40. The standard InChI is InChI=1S/C15H20N2O4S/c1-15(2,3)14-11(8-21-17-14)9-22(18,19)10-12-6-5-7-13(16-12)20-4/h5-8H,9-10H2,1-4H3. The fraction of sp³-hybridized carbons (Fsp3) is 0.467. The highest BCUT2D eigenvalue weighted by Gasteiger charge is 2.26. The summed E-state index contributed by atoms with van der Waals surface area (Å²) in [5.41, 5.74) is 1.43. The van der Waals surface area contributed by atoms with E-state index in [0.29, 0.717) is 22.8 Å². The Kier molecular flexibility index (Phi) is 4.55. The largest absolute Gasteiger partial charge is 0.481 e. The first kappa shape index (κ1) is 16.5. The van der Waals surface area contributed by atoms with Crippen LogP contribution in [0.3, 0.4) is 0 Å². The number of hydrogen-bond acceptors (Lipinski definition) is 6. The van der Waals surface area contributed by atoms with E-state index in [1.807, 2.05) is 20.8 Å². The van der Waals surface area contributed by atoms with Crippen molar-refractivity contribution in [1.82, 2.24) is 10.1 Å². The maximum atomic E-state index is 12.4. The lowest BCUT2D eigenvalue weighted by atomic mass is 9.90. The SMILES string of the molecule is COc1cccc(CS(=O)(=O)Cc2conc2C(C)(C)C)n1. The van der Waals surface area contributed by atoms with E-state index in [0.717, 1.165) is 0 Å². The average Bonchev–Trinajstić information content (AvgIpc) is 2.85. The number of nitrogens with zero attached hydrogens (tertiary/aromatic N) is 2. The highest BCUT2D eigenvalue weighted by atomic mass is 32.2. The molecule has 0 radical (unpaired) electrons. The third kappa shape index (κ3) is 4.07. The molecule has 0 atom stereocenters. The summed E-state index contributed by atoms with van der Waals surface area (Å²) < 4.78 is 34.8. The van der Waals surface area contributed by atoms with Gasteiger partial charge in [-0.15, -0.1) is 0 Å². The van der Waals surface area contributed by atoms with Crippen molar-refractivity contribution in [2.24, 2.45) is 0 Å². The van der Waals surface area contributed by atoms with Crippen molar-refractivity contribution >= 4 is 9.84 Å². The van der Waals surface area contributed by atoms with E-state index in [-0.39, 0.29) is 16.9 Å². The van der Waals surface area contributed by atoms with Gasteiger partial charge in [0.15, 0.2) is 9.84 Å². The summed E-state index contributed by atoms with van der Waals surface area (Å²) in [6, 6.07) is 5.06. The molecule has 0 aliphatic rings. The predicted molar refractivity (Wildman–Crippen MR) is 82.3 cm³/mol. The van der Waals surface area contributed by atoms with Crippen molar-refractivity contribution in [2.45, 2.75) is 37.7 Å². The van der Waals surface area contributed by atoms with Gasteiger partial charge in [0.25, 0.3) is 0 Å². The molecule has 0 saturated heterocycles. The summed E-state index contributed by atoms with van der Waals surface area (Å²) >= 11 is 0. The monoisotopic (exact) mass is 324 g/mol. The molecule has 0 unspecified atom stereocenters. The van der Waals surface area contributed by atoms with Gasteiger partial charge in [-0.3, -0.25) is 0 Å². The normalized spacial score (nSPS) is 12.4. The third-order valence-electron chi connectivity index (χ3n) is 3.09. The van der Waals surface area contributed by atoms with Crippen molar-refractivity contribution in [3.63, 3.8) is 0 Å². The minimum Gasteiger partial charge on any atom is -0.481 e. The quantitative estimate of drug-likeness (QED) is 0.840. The Labute approximate surface area is 130 Å². The summed E-state index contributed by atoms with van der Waals surface area (Å²) in [7, 11) is -1.89. The average molecular weight is 324 g/mol. The van der Waals surface area contributed by atoms with Gasteiger partial charge in [0.05, 0.1) is 30.0 Å². The number of methoxy groups -OCH3 is 1. The molecular weight excluding hydrogens is 304 g/mol. The van der Waals surface area contributed by atoms with Crippen molar-refractivity contribution < 1.29 is 17.7 Å². The summed E-state index contributed by atoms with van der Waals surface area (Å²) in [5.74, 6) is 0.120. The molecule has 120 valence electrons. The van der Waals surface area contributed by atoms with Crippen LogP contribution >= 0.6 is 0 Å². The summed E-state index contributed by atoms with van der Waals surface area (Å²) in [4.78, 5) is 4.14. The first-order chi connectivity index (χ1) is 10.2. The maximum absolute atomic E-state index is 12.4. The fourth-order valence-corrected chi connectivity index (χ4v) is 3.54. The zero-order valence-electron chi connectivity index (χ0n) is 13.2. The highest BCUT2D eigenvalue weighted by molar-refractivity contribution is 7.89. The zero-order chi connectivity index (χ0) is 16.4. The van der Waals surface area contributed by atoms with Gasteiger partial charge in [-0.05, 0) is 6.07 Å². The van der Waals surface area contributed by atoms with Gasteiger partial charge in [-0.1, -0.05) is 32.0 Å². The lowest BCUT2D eigenvalue weighted by Crippen LogP contribution is -2.17. The molecule has 0 aliphatic heterocycles. The van der Waals surface area contributed by atoms with Crippen LogP contribution in [0.25, 0.3) is 0 Å². The molecule has 0 fully saturated rings. The van der Waals surface area contributed by atoms with Crippen molar-refractivity contribution in [3.8, 4) is 5.88 Å². The first-order valence-electron chi connectivity index (χ1n) is 6.85. The van der Waals surface area contributed by atoms with Crippen LogP contribution in [-0.4, -0.2) is 25.7 Å². The molecule has 2 aromatic heterocycles. The molecule has 22 heavy (non-hydrogen) atoms. The number of aromatic nitrogens is 2. The lowest BCUT2D eigenvalue weighted by molar-refractivity contribution is 0.393. The van der Waals surface area contributed by atoms with Crippen LogP contribution in [-0.2, 0) is 26.8 Å². The molecular formula is C15H20N2O4S. The summed E-state index contributed by atoms with van der Waals surface area (Å²) in [6.45, 7) is 5.89. The third-order valence-corrected chi connectivity index (χ3v) is 4.57. The molecule has 2 aromatic rings. The minimum atomic E-state index is -3.38. The molecule has 7 heteroatoms. The molecule has 0 amide bonds. The van der Waals surface area contributed by atoms with E-state index in [1.165, 1.54) is 13.4 Å². The molecule has 0 aromatic carbocycles. The molecule has 0 bridgehead atoms. The Bertz CT molecular complexity index is 745. The number of pyridine rings is 1. The highest BCUT2D eigenvalue weighted by Crippen LogP contribution is 2.26. The van der Waals surface area contributed by atoms with Crippen LogP contribution < -0.4 is 4.74 Å². The van der Waals surface area contributed by atoms with Gasteiger partial charge in [0.1, 0.15) is 6.26 Å². The van der Waals surface area contributed by atoms with E-state index >= 15 is 0 Å². The van der Waals surface area contributed by atoms with Gasteiger partial charge in [-0.25, -0.2) is 13.4 Å².